The van der Waals surface area contributed by atoms with Gasteiger partial charge in [-0.3, -0.25) is 19.3 Å². The van der Waals surface area contributed by atoms with Gasteiger partial charge in [-0.15, -0.1) is 0 Å². The van der Waals surface area contributed by atoms with Gasteiger partial charge in [-0.1, -0.05) is 18.2 Å². The van der Waals surface area contributed by atoms with E-state index in [0.717, 1.165) is 23.0 Å². The minimum Gasteiger partial charge on any atom is -0.320 e. The number of nitrogens with zero attached hydrogens (tertiary/aromatic N) is 3. The second kappa shape index (κ2) is 9.44. The van der Waals surface area contributed by atoms with Crippen molar-refractivity contribution >= 4 is 23.2 Å². The summed E-state index contributed by atoms with van der Waals surface area (Å²) in [6.45, 7) is 4.52. The number of halogens is 1. The SMILES string of the molecule is Cc1cc(C)n(Cc2ccc(C(=O)Nc3cc(F)ccc3NC(=O)c3ccccn3)cc2)n1. The Morgan fingerprint density at radius 3 is 2.33 bits per heavy atom. The summed E-state index contributed by atoms with van der Waals surface area (Å²) in [4.78, 5) is 29.2. The summed E-state index contributed by atoms with van der Waals surface area (Å²) < 4.78 is 15.8. The van der Waals surface area contributed by atoms with Crippen molar-refractivity contribution in [2.45, 2.75) is 20.4 Å². The fraction of sp³-hybridized carbons (Fsp3) is 0.120. The fourth-order valence-corrected chi connectivity index (χ4v) is 3.38. The van der Waals surface area contributed by atoms with Crippen LogP contribution in [0.1, 0.15) is 37.8 Å². The van der Waals surface area contributed by atoms with Crippen LogP contribution in [0.15, 0.2) is 72.9 Å². The highest BCUT2D eigenvalue weighted by Crippen LogP contribution is 2.24. The number of anilines is 2. The van der Waals surface area contributed by atoms with E-state index in [2.05, 4.69) is 20.7 Å². The molecule has 7 nitrogen and oxygen atoms in total. The van der Waals surface area contributed by atoms with Crippen LogP contribution >= 0.6 is 0 Å². The topological polar surface area (TPSA) is 88.9 Å². The van der Waals surface area contributed by atoms with E-state index in [1.807, 2.05) is 36.7 Å². The normalized spacial score (nSPS) is 10.6. The lowest BCUT2D eigenvalue weighted by Crippen LogP contribution is -2.17. The van der Waals surface area contributed by atoms with E-state index in [9.17, 15) is 14.0 Å². The molecule has 166 valence electrons. The largest absolute Gasteiger partial charge is 0.320 e. The van der Waals surface area contributed by atoms with Crippen LogP contribution < -0.4 is 10.6 Å². The van der Waals surface area contributed by atoms with Crippen LogP contribution in [-0.2, 0) is 6.54 Å². The third kappa shape index (κ3) is 5.30. The molecule has 2 aromatic carbocycles. The molecular formula is C25H22FN5O2. The molecule has 0 fully saturated rings. The van der Waals surface area contributed by atoms with Gasteiger partial charge in [-0.2, -0.15) is 5.10 Å². The maximum Gasteiger partial charge on any atom is 0.274 e. The Bertz CT molecular complexity index is 1300. The first-order valence-corrected chi connectivity index (χ1v) is 10.3. The van der Waals surface area contributed by atoms with Crippen LogP contribution in [0, 0.1) is 19.7 Å². The Balaban J connectivity index is 1.48. The molecule has 0 saturated heterocycles. The molecule has 0 radical (unpaired) electrons. The van der Waals surface area contributed by atoms with Crippen molar-refractivity contribution < 1.29 is 14.0 Å². The van der Waals surface area contributed by atoms with Gasteiger partial charge in [0, 0.05) is 17.5 Å². The van der Waals surface area contributed by atoms with E-state index in [4.69, 9.17) is 0 Å². The third-order valence-electron chi connectivity index (χ3n) is 5.03. The third-order valence-corrected chi connectivity index (χ3v) is 5.03. The predicted molar refractivity (Wildman–Crippen MR) is 124 cm³/mol. The summed E-state index contributed by atoms with van der Waals surface area (Å²) in [6.07, 6.45) is 1.50. The lowest BCUT2D eigenvalue weighted by molar-refractivity contribution is 0.101. The minimum absolute atomic E-state index is 0.149. The Morgan fingerprint density at radius 2 is 1.67 bits per heavy atom. The van der Waals surface area contributed by atoms with Crippen LogP contribution in [0.5, 0.6) is 0 Å². The number of carbonyl (C=O) groups excluding carboxylic acids is 2. The van der Waals surface area contributed by atoms with Crippen molar-refractivity contribution in [3.8, 4) is 0 Å². The van der Waals surface area contributed by atoms with Crippen molar-refractivity contribution in [1.82, 2.24) is 14.8 Å². The average Bonchev–Trinajstić information content (AvgIpc) is 3.13. The minimum atomic E-state index is -0.540. The van der Waals surface area contributed by atoms with Crippen molar-refractivity contribution in [3.63, 3.8) is 0 Å². The molecule has 4 aromatic rings. The van der Waals surface area contributed by atoms with Gasteiger partial charge in [0.15, 0.2) is 0 Å². The fourth-order valence-electron chi connectivity index (χ4n) is 3.38. The first-order chi connectivity index (χ1) is 15.9. The number of benzene rings is 2. The van der Waals surface area contributed by atoms with E-state index in [1.54, 1.807) is 30.3 Å². The van der Waals surface area contributed by atoms with Crippen molar-refractivity contribution in [2.75, 3.05) is 10.6 Å². The van der Waals surface area contributed by atoms with E-state index in [0.29, 0.717) is 12.1 Å². The Kier molecular flexibility index (Phi) is 6.26. The average molecular weight is 443 g/mol. The summed E-state index contributed by atoms with van der Waals surface area (Å²) in [5.41, 5.74) is 4.02. The summed E-state index contributed by atoms with van der Waals surface area (Å²) in [7, 11) is 0. The summed E-state index contributed by atoms with van der Waals surface area (Å²) in [5.74, 6) is -1.43. The van der Waals surface area contributed by atoms with Crippen molar-refractivity contribution in [1.29, 1.82) is 0 Å². The van der Waals surface area contributed by atoms with Crippen LogP contribution in [0.4, 0.5) is 15.8 Å². The zero-order valence-corrected chi connectivity index (χ0v) is 18.2. The lowest BCUT2D eigenvalue weighted by atomic mass is 10.1. The first-order valence-electron chi connectivity index (χ1n) is 10.3. The molecule has 0 aliphatic carbocycles. The molecule has 0 saturated carbocycles. The highest BCUT2D eigenvalue weighted by molar-refractivity contribution is 6.09. The Labute approximate surface area is 190 Å². The molecule has 0 aliphatic rings. The maximum absolute atomic E-state index is 13.9. The van der Waals surface area contributed by atoms with E-state index >= 15 is 0 Å². The molecule has 2 amide bonds. The number of hydrogen-bond acceptors (Lipinski definition) is 4. The summed E-state index contributed by atoms with van der Waals surface area (Å²) in [6, 6.07) is 17.8. The number of rotatable bonds is 6. The molecule has 33 heavy (non-hydrogen) atoms. The number of amides is 2. The van der Waals surface area contributed by atoms with Gasteiger partial charge >= 0.3 is 0 Å². The van der Waals surface area contributed by atoms with Crippen molar-refractivity contribution in [3.05, 3.63) is 107 Å². The smallest absolute Gasteiger partial charge is 0.274 e. The van der Waals surface area contributed by atoms with Gasteiger partial charge in [0.05, 0.1) is 23.6 Å². The van der Waals surface area contributed by atoms with E-state index in [-0.39, 0.29) is 17.1 Å². The molecule has 8 heteroatoms. The number of hydrogen-bond donors (Lipinski definition) is 2. The second-order valence-corrected chi connectivity index (χ2v) is 7.59. The Hall–Kier alpha value is -4.33. The summed E-state index contributed by atoms with van der Waals surface area (Å²) >= 11 is 0. The number of pyridine rings is 1. The highest BCUT2D eigenvalue weighted by atomic mass is 19.1. The van der Waals surface area contributed by atoms with Crippen LogP contribution in [0.25, 0.3) is 0 Å². The van der Waals surface area contributed by atoms with E-state index in [1.165, 1.54) is 18.3 Å². The monoisotopic (exact) mass is 443 g/mol. The number of aryl methyl sites for hydroxylation is 2. The molecular weight excluding hydrogens is 421 g/mol. The zero-order valence-electron chi connectivity index (χ0n) is 18.2. The molecule has 0 atom stereocenters. The van der Waals surface area contributed by atoms with Gasteiger partial charge in [-0.05, 0) is 67.9 Å². The van der Waals surface area contributed by atoms with Gasteiger partial charge in [0.1, 0.15) is 11.5 Å². The molecule has 4 rings (SSSR count). The molecule has 2 heterocycles. The zero-order chi connectivity index (χ0) is 23.4. The number of aromatic nitrogens is 3. The van der Waals surface area contributed by atoms with Gasteiger partial charge in [0.25, 0.3) is 11.8 Å². The van der Waals surface area contributed by atoms with Gasteiger partial charge in [0.2, 0.25) is 0 Å². The molecule has 2 aromatic heterocycles. The van der Waals surface area contributed by atoms with Crippen molar-refractivity contribution in [2.24, 2.45) is 0 Å². The van der Waals surface area contributed by atoms with Gasteiger partial charge < -0.3 is 10.6 Å². The van der Waals surface area contributed by atoms with Crippen LogP contribution in [0.2, 0.25) is 0 Å². The van der Waals surface area contributed by atoms with Crippen LogP contribution in [0.3, 0.4) is 0 Å². The number of nitrogens with one attached hydrogen (secondary N) is 2. The molecule has 0 bridgehead atoms. The van der Waals surface area contributed by atoms with Crippen LogP contribution in [-0.4, -0.2) is 26.6 Å². The maximum atomic E-state index is 13.9. The van der Waals surface area contributed by atoms with Gasteiger partial charge in [-0.25, -0.2) is 4.39 Å². The summed E-state index contributed by atoms with van der Waals surface area (Å²) in [5, 5.41) is 9.78. The molecule has 2 N–H and O–H groups in total. The first kappa shape index (κ1) is 21.9. The second-order valence-electron chi connectivity index (χ2n) is 7.59. The number of carbonyl (C=O) groups is 2. The standard InChI is InChI=1S/C25H22FN5O2/c1-16-13-17(2)31(30-16)15-18-6-8-19(9-7-18)24(32)29-23-14-20(26)10-11-21(23)28-25(33)22-5-3-4-12-27-22/h3-14H,15H2,1-2H3,(H,28,33)(H,29,32). The highest BCUT2D eigenvalue weighted by Gasteiger charge is 2.14. The predicted octanol–water partition coefficient (Wildman–Crippen LogP) is 4.59. The molecule has 0 unspecified atom stereocenters. The lowest BCUT2D eigenvalue weighted by Gasteiger charge is -2.13. The molecule has 0 spiro atoms. The quantitative estimate of drug-likeness (QED) is 0.456. The Morgan fingerprint density at radius 1 is 0.909 bits per heavy atom. The van der Waals surface area contributed by atoms with E-state index < -0.39 is 17.6 Å². The molecule has 0 aliphatic heterocycles.